The molecular formula is C10H11N3O3S. The van der Waals surface area contributed by atoms with Crippen LogP contribution in [0.15, 0.2) is 34.3 Å². The molecule has 0 aliphatic carbocycles. The predicted molar refractivity (Wildman–Crippen MR) is 63.3 cm³/mol. The topological polar surface area (TPSA) is 92.8 Å². The summed E-state index contributed by atoms with van der Waals surface area (Å²) in [6, 6.07) is 6.02. The third kappa shape index (κ3) is 2.34. The van der Waals surface area contributed by atoms with Crippen LogP contribution >= 0.6 is 0 Å². The van der Waals surface area contributed by atoms with Crippen molar-refractivity contribution in [3.8, 4) is 0 Å². The minimum absolute atomic E-state index is 0.00204. The van der Waals surface area contributed by atoms with Gasteiger partial charge < -0.3 is 0 Å². The number of ketones is 1. The predicted octanol–water partition coefficient (Wildman–Crippen LogP) is 0.0990. The van der Waals surface area contributed by atoms with Crippen LogP contribution in [0.1, 0.15) is 6.92 Å². The molecule has 2 N–H and O–H groups in total. The number of rotatable bonds is 2. The van der Waals surface area contributed by atoms with Gasteiger partial charge in [0.2, 0.25) is 10.0 Å². The van der Waals surface area contributed by atoms with Gasteiger partial charge in [-0.1, -0.05) is 6.07 Å². The average molecular weight is 253 g/mol. The molecule has 0 aromatic heterocycles. The van der Waals surface area contributed by atoms with E-state index in [4.69, 9.17) is 5.14 Å². The Bertz CT molecular complexity index is 607. The van der Waals surface area contributed by atoms with Crippen molar-refractivity contribution in [1.82, 2.24) is 0 Å². The lowest BCUT2D eigenvalue weighted by Gasteiger charge is -2.13. The Kier molecular flexibility index (Phi) is 2.72. The van der Waals surface area contributed by atoms with E-state index in [2.05, 4.69) is 5.10 Å². The van der Waals surface area contributed by atoms with Crippen LogP contribution in [0.3, 0.4) is 0 Å². The lowest BCUT2D eigenvalue weighted by molar-refractivity contribution is -0.111. The summed E-state index contributed by atoms with van der Waals surface area (Å²) in [6.45, 7) is 1.74. The van der Waals surface area contributed by atoms with Crippen molar-refractivity contribution in [3.63, 3.8) is 0 Å². The maximum absolute atomic E-state index is 11.3. The van der Waals surface area contributed by atoms with Gasteiger partial charge in [0.1, 0.15) is 12.3 Å². The molecule has 6 nitrogen and oxygen atoms in total. The number of primary sulfonamides is 1. The average Bonchev–Trinajstić information content (AvgIpc) is 2.58. The molecule has 0 unspecified atom stereocenters. The van der Waals surface area contributed by atoms with Gasteiger partial charge in [-0.2, -0.15) is 5.10 Å². The van der Waals surface area contributed by atoms with E-state index >= 15 is 0 Å². The number of sulfonamides is 1. The zero-order valence-electron chi connectivity index (χ0n) is 9.12. The monoisotopic (exact) mass is 253 g/mol. The molecule has 1 aromatic rings. The summed E-state index contributed by atoms with van der Waals surface area (Å²) in [4.78, 5) is 11.3. The number of carbonyl (C=O) groups is 1. The molecular weight excluding hydrogens is 242 g/mol. The van der Waals surface area contributed by atoms with Crippen LogP contribution in [0.5, 0.6) is 0 Å². The van der Waals surface area contributed by atoms with Gasteiger partial charge in [0, 0.05) is 0 Å². The summed E-state index contributed by atoms with van der Waals surface area (Å²) in [6.07, 6.45) is 0. The van der Waals surface area contributed by atoms with Crippen LogP contribution in [0.2, 0.25) is 0 Å². The number of carbonyl (C=O) groups excluding carboxylic acids is 1. The molecule has 1 aliphatic rings. The normalized spacial score (nSPS) is 16.2. The quantitative estimate of drug-likeness (QED) is 0.808. The van der Waals surface area contributed by atoms with Gasteiger partial charge >= 0.3 is 0 Å². The molecule has 0 amide bonds. The third-order valence-electron chi connectivity index (χ3n) is 2.41. The van der Waals surface area contributed by atoms with Crippen molar-refractivity contribution in [2.24, 2.45) is 10.2 Å². The molecule has 1 heterocycles. The fraction of sp³-hybridized carbons (Fsp3) is 0.200. The lowest BCUT2D eigenvalue weighted by Crippen LogP contribution is -2.19. The van der Waals surface area contributed by atoms with Crippen molar-refractivity contribution in [2.75, 3.05) is 11.6 Å². The zero-order chi connectivity index (χ0) is 12.6. The molecule has 90 valence electrons. The van der Waals surface area contributed by atoms with Gasteiger partial charge in [0.05, 0.1) is 10.6 Å². The Hall–Kier alpha value is -1.73. The smallest absolute Gasteiger partial charge is 0.238 e. The molecule has 0 spiro atoms. The summed E-state index contributed by atoms with van der Waals surface area (Å²) in [5.74, 6) is -0.0778. The van der Waals surface area contributed by atoms with Crippen LogP contribution in [0.25, 0.3) is 0 Å². The number of hydrogen-bond donors (Lipinski definition) is 1. The first-order valence-electron chi connectivity index (χ1n) is 4.87. The second-order valence-corrected chi connectivity index (χ2v) is 5.27. The molecule has 0 atom stereocenters. The second-order valence-electron chi connectivity index (χ2n) is 3.71. The Morgan fingerprint density at radius 2 is 2.12 bits per heavy atom. The Morgan fingerprint density at radius 3 is 2.65 bits per heavy atom. The molecule has 1 aliphatic heterocycles. The van der Waals surface area contributed by atoms with E-state index in [9.17, 15) is 13.2 Å². The largest absolute Gasteiger partial charge is 0.291 e. The summed E-state index contributed by atoms with van der Waals surface area (Å²) < 4.78 is 22.4. The third-order valence-corrected chi connectivity index (χ3v) is 3.32. The maximum Gasteiger partial charge on any atom is 0.238 e. The molecule has 0 saturated heterocycles. The summed E-state index contributed by atoms with van der Waals surface area (Å²) in [5.41, 5.74) is 0.938. The van der Waals surface area contributed by atoms with E-state index < -0.39 is 10.0 Å². The van der Waals surface area contributed by atoms with Gasteiger partial charge in [0.25, 0.3) is 0 Å². The number of nitrogens with two attached hydrogens (primary N) is 1. The number of hydrogen-bond acceptors (Lipinski definition) is 5. The van der Waals surface area contributed by atoms with E-state index in [1.807, 2.05) is 0 Å². The van der Waals surface area contributed by atoms with Crippen molar-refractivity contribution >= 4 is 27.2 Å². The zero-order valence-corrected chi connectivity index (χ0v) is 9.94. The number of anilines is 1. The Labute approximate surface area is 98.8 Å². The van der Waals surface area contributed by atoms with E-state index in [0.717, 1.165) is 0 Å². The highest BCUT2D eigenvalue weighted by atomic mass is 32.2. The molecule has 0 saturated carbocycles. The Balaban J connectivity index is 2.39. The number of Topliss-reactive ketones (excluding diaryl/α,β-unsaturated/α-hetero) is 1. The van der Waals surface area contributed by atoms with E-state index in [1.54, 1.807) is 19.1 Å². The summed E-state index contributed by atoms with van der Waals surface area (Å²) in [7, 11) is -3.74. The highest BCUT2D eigenvalue weighted by molar-refractivity contribution is 7.89. The van der Waals surface area contributed by atoms with Crippen molar-refractivity contribution in [2.45, 2.75) is 11.8 Å². The highest BCUT2D eigenvalue weighted by Gasteiger charge is 2.22. The van der Waals surface area contributed by atoms with Crippen LogP contribution in [-0.4, -0.2) is 26.5 Å². The maximum atomic E-state index is 11.3. The Morgan fingerprint density at radius 1 is 1.41 bits per heavy atom. The first-order chi connectivity index (χ1) is 7.88. The molecule has 0 bridgehead atoms. The minimum atomic E-state index is -3.74. The van der Waals surface area contributed by atoms with Crippen LogP contribution < -0.4 is 10.1 Å². The van der Waals surface area contributed by atoms with Gasteiger partial charge in [-0.3, -0.25) is 9.80 Å². The van der Waals surface area contributed by atoms with Crippen LogP contribution in [0, 0.1) is 0 Å². The summed E-state index contributed by atoms with van der Waals surface area (Å²) in [5, 5.41) is 10.5. The fourth-order valence-corrected chi connectivity index (χ4v) is 2.05. The lowest BCUT2D eigenvalue weighted by atomic mass is 10.3. The van der Waals surface area contributed by atoms with Gasteiger partial charge in [-0.25, -0.2) is 13.6 Å². The standard InChI is InChI=1S/C10H11N3O3S/c1-7-10(14)6-13(12-7)8-3-2-4-9(5-8)17(11,15)16/h2-5H,6H2,1H3,(H2,11,15,16). The van der Waals surface area contributed by atoms with Crippen LogP contribution in [-0.2, 0) is 14.8 Å². The van der Waals surface area contributed by atoms with Gasteiger partial charge in [-0.05, 0) is 25.1 Å². The van der Waals surface area contributed by atoms with Crippen molar-refractivity contribution in [1.29, 1.82) is 0 Å². The van der Waals surface area contributed by atoms with E-state index in [0.29, 0.717) is 11.4 Å². The van der Waals surface area contributed by atoms with Gasteiger partial charge in [0.15, 0.2) is 5.78 Å². The van der Waals surface area contributed by atoms with Gasteiger partial charge in [-0.15, -0.1) is 0 Å². The minimum Gasteiger partial charge on any atom is -0.291 e. The number of benzene rings is 1. The molecule has 7 heteroatoms. The number of hydrazone groups is 1. The first-order valence-corrected chi connectivity index (χ1v) is 6.41. The fourth-order valence-electron chi connectivity index (χ4n) is 1.49. The molecule has 17 heavy (non-hydrogen) atoms. The molecule has 0 radical (unpaired) electrons. The number of nitrogens with zero attached hydrogens (tertiary/aromatic N) is 2. The van der Waals surface area contributed by atoms with Crippen molar-refractivity contribution < 1.29 is 13.2 Å². The van der Waals surface area contributed by atoms with E-state index in [-0.39, 0.29) is 17.2 Å². The van der Waals surface area contributed by atoms with E-state index in [1.165, 1.54) is 17.1 Å². The second kappa shape index (κ2) is 3.94. The van der Waals surface area contributed by atoms with Crippen molar-refractivity contribution in [3.05, 3.63) is 24.3 Å². The SMILES string of the molecule is CC1=NN(c2cccc(S(N)(=O)=O)c2)CC1=O. The summed E-state index contributed by atoms with van der Waals surface area (Å²) >= 11 is 0. The first kappa shape index (κ1) is 11.7. The van der Waals surface area contributed by atoms with Crippen LogP contribution in [0.4, 0.5) is 5.69 Å². The molecule has 2 rings (SSSR count). The molecule has 1 aromatic carbocycles. The molecule has 0 fully saturated rings. The highest BCUT2D eigenvalue weighted by Crippen LogP contribution is 2.21.